The van der Waals surface area contributed by atoms with Crippen molar-refractivity contribution in [1.29, 1.82) is 5.26 Å². The maximum atomic E-state index is 12.3. The topological polar surface area (TPSA) is 87.9 Å². The van der Waals surface area contributed by atoms with Crippen LogP contribution in [0.1, 0.15) is 43.7 Å². The molecule has 6 nitrogen and oxygen atoms in total. The number of aromatic nitrogens is 2. The number of benzene rings is 1. The monoisotopic (exact) mass is 370 g/mol. The highest BCUT2D eigenvalue weighted by molar-refractivity contribution is 7.15. The van der Waals surface area contributed by atoms with E-state index in [9.17, 15) is 10.1 Å². The smallest absolute Gasteiger partial charge is 0.268 e. The van der Waals surface area contributed by atoms with E-state index >= 15 is 0 Å². The zero-order chi connectivity index (χ0) is 18.8. The number of amides is 1. The van der Waals surface area contributed by atoms with Gasteiger partial charge in [-0.15, -0.1) is 10.2 Å². The van der Waals surface area contributed by atoms with Crippen LogP contribution >= 0.6 is 11.3 Å². The van der Waals surface area contributed by atoms with Gasteiger partial charge in [-0.1, -0.05) is 43.7 Å². The van der Waals surface area contributed by atoms with Gasteiger partial charge >= 0.3 is 0 Å². The van der Waals surface area contributed by atoms with Crippen LogP contribution in [-0.4, -0.2) is 22.7 Å². The lowest BCUT2D eigenvalue weighted by Gasteiger charge is -2.05. The Morgan fingerprint density at radius 2 is 2.04 bits per heavy atom. The van der Waals surface area contributed by atoms with Gasteiger partial charge in [0.25, 0.3) is 5.91 Å². The molecule has 1 amide bonds. The molecule has 0 fully saturated rings. The van der Waals surface area contributed by atoms with E-state index in [-0.39, 0.29) is 5.57 Å². The summed E-state index contributed by atoms with van der Waals surface area (Å²) in [6.07, 6.45) is 5.41. The van der Waals surface area contributed by atoms with Crippen molar-refractivity contribution < 1.29 is 9.53 Å². The third kappa shape index (κ3) is 5.97. The standard InChI is InChI=1S/C19H22N4O2S/c1-3-5-11-25-16-9-7-14(8-10-16)12-15(13-20)18(24)21-19-23-22-17(26-19)6-4-2/h7-10,12H,3-6,11H2,1-2H3,(H,21,23,24)/b15-12-. The van der Waals surface area contributed by atoms with Crippen molar-refractivity contribution in [2.75, 3.05) is 11.9 Å². The quantitative estimate of drug-likeness (QED) is 0.406. The molecule has 0 spiro atoms. The summed E-state index contributed by atoms with van der Waals surface area (Å²) in [5.41, 5.74) is 0.764. The zero-order valence-corrected chi connectivity index (χ0v) is 15.8. The highest BCUT2D eigenvalue weighted by Crippen LogP contribution is 2.19. The number of unbranched alkanes of at least 4 members (excludes halogenated alkanes) is 1. The Bertz CT molecular complexity index is 791. The number of ether oxygens (including phenoxy) is 1. The first-order valence-corrected chi connectivity index (χ1v) is 9.46. The molecule has 1 N–H and O–H groups in total. The lowest BCUT2D eigenvalue weighted by Crippen LogP contribution is -2.13. The van der Waals surface area contributed by atoms with Crippen LogP contribution in [0.15, 0.2) is 29.8 Å². The first-order valence-electron chi connectivity index (χ1n) is 8.64. The number of nitrogens with zero attached hydrogens (tertiary/aromatic N) is 3. The summed E-state index contributed by atoms with van der Waals surface area (Å²) >= 11 is 1.32. The average Bonchev–Trinajstić information content (AvgIpc) is 3.08. The van der Waals surface area contributed by atoms with Crippen molar-refractivity contribution in [3.8, 4) is 11.8 Å². The number of nitriles is 1. The summed E-state index contributed by atoms with van der Waals surface area (Å²) in [7, 11) is 0. The van der Waals surface area contributed by atoms with Crippen molar-refractivity contribution in [3.05, 3.63) is 40.4 Å². The maximum Gasteiger partial charge on any atom is 0.268 e. The van der Waals surface area contributed by atoms with Gasteiger partial charge in [-0.05, 0) is 36.6 Å². The van der Waals surface area contributed by atoms with Crippen LogP contribution in [0, 0.1) is 11.3 Å². The van der Waals surface area contributed by atoms with Crippen LogP contribution < -0.4 is 10.1 Å². The van der Waals surface area contributed by atoms with Gasteiger partial charge in [0.15, 0.2) is 0 Å². The third-order valence-electron chi connectivity index (χ3n) is 3.47. The number of carbonyl (C=O) groups excluding carboxylic acids is 1. The van der Waals surface area contributed by atoms with E-state index < -0.39 is 5.91 Å². The SMILES string of the molecule is CCCCOc1ccc(/C=C(/C#N)C(=O)Nc2nnc(CCC)s2)cc1. The van der Waals surface area contributed by atoms with Crippen molar-refractivity contribution in [1.82, 2.24) is 10.2 Å². The van der Waals surface area contributed by atoms with Crippen LogP contribution in [0.25, 0.3) is 6.08 Å². The van der Waals surface area contributed by atoms with Gasteiger partial charge in [0.2, 0.25) is 5.13 Å². The van der Waals surface area contributed by atoms with Crippen LogP contribution in [0.5, 0.6) is 5.75 Å². The van der Waals surface area contributed by atoms with E-state index in [0.29, 0.717) is 11.7 Å². The predicted molar refractivity (Wildman–Crippen MR) is 103 cm³/mol. The van der Waals surface area contributed by atoms with Crippen molar-refractivity contribution in [3.63, 3.8) is 0 Å². The van der Waals surface area contributed by atoms with E-state index in [4.69, 9.17) is 4.74 Å². The van der Waals surface area contributed by atoms with Crippen molar-refractivity contribution >= 4 is 28.5 Å². The fraction of sp³-hybridized carbons (Fsp3) is 0.368. The second kappa shape index (κ2) is 10.3. The number of rotatable bonds is 9. The van der Waals surface area contributed by atoms with E-state index in [1.807, 2.05) is 30.3 Å². The molecular weight excluding hydrogens is 348 g/mol. The van der Waals surface area contributed by atoms with E-state index in [1.54, 1.807) is 6.08 Å². The molecule has 0 aliphatic heterocycles. The second-order valence-electron chi connectivity index (χ2n) is 5.65. The summed E-state index contributed by atoms with van der Waals surface area (Å²) in [6.45, 7) is 4.84. The Labute approximate surface area is 157 Å². The Morgan fingerprint density at radius 3 is 2.69 bits per heavy atom. The molecule has 1 heterocycles. The molecule has 0 aliphatic carbocycles. The van der Waals surface area contributed by atoms with Gasteiger partial charge in [0, 0.05) is 6.42 Å². The molecule has 1 aromatic heterocycles. The van der Waals surface area contributed by atoms with E-state index in [0.717, 1.165) is 42.0 Å². The van der Waals surface area contributed by atoms with Crippen LogP contribution in [0.4, 0.5) is 5.13 Å². The van der Waals surface area contributed by atoms with Crippen LogP contribution in [0.2, 0.25) is 0 Å². The summed E-state index contributed by atoms with van der Waals surface area (Å²) in [4.78, 5) is 12.3. The first kappa shape index (κ1) is 19.6. The summed E-state index contributed by atoms with van der Waals surface area (Å²) in [6, 6.07) is 9.22. The molecule has 0 saturated carbocycles. The second-order valence-corrected chi connectivity index (χ2v) is 6.71. The predicted octanol–water partition coefficient (Wildman–Crippen LogP) is 4.22. The molecule has 0 radical (unpaired) electrons. The molecular formula is C19H22N4O2S. The largest absolute Gasteiger partial charge is 0.494 e. The lowest BCUT2D eigenvalue weighted by atomic mass is 10.1. The molecule has 7 heteroatoms. The fourth-order valence-corrected chi connectivity index (χ4v) is 2.93. The molecule has 0 bridgehead atoms. The highest BCUT2D eigenvalue weighted by atomic mass is 32.1. The van der Waals surface area contributed by atoms with Gasteiger partial charge < -0.3 is 4.74 Å². The minimum atomic E-state index is -0.491. The molecule has 0 saturated heterocycles. The molecule has 26 heavy (non-hydrogen) atoms. The molecule has 2 rings (SSSR count). The number of carbonyl (C=O) groups is 1. The summed E-state index contributed by atoms with van der Waals surface area (Å²) in [5.74, 6) is 0.283. The number of anilines is 1. The number of hydrogen-bond acceptors (Lipinski definition) is 6. The number of aryl methyl sites for hydroxylation is 1. The number of nitrogens with one attached hydrogen (secondary N) is 1. The molecule has 2 aromatic rings. The van der Waals surface area contributed by atoms with Crippen LogP contribution in [-0.2, 0) is 11.2 Å². The molecule has 0 aliphatic rings. The molecule has 136 valence electrons. The van der Waals surface area contributed by atoms with Gasteiger partial charge in [-0.3, -0.25) is 10.1 Å². The van der Waals surface area contributed by atoms with Gasteiger partial charge in [-0.2, -0.15) is 5.26 Å². The van der Waals surface area contributed by atoms with E-state index in [1.165, 1.54) is 11.3 Å². The molecule has 1 aromatic carbocycles. The van der Waals surface area contributed by atoms with Crippen LogP contribution in [0.3, 0.4) is 0 Å². The third-order valence-corrected chi connectivity index (χ3v) is 4.37. The first-order chi connectivity index (χ1) is 12.7. The Hall–Kier alpha value is -2.72. The van der Waals surface area contributed by atoms with Gasteiger partial charge in [-0.25, -0.2) is 0 Å². The highest BCUT2D eigenvalue weighted by Gasteiger charge is 2.12. The number of hydrogen-bond donors (Lipinski definition) is 1. The van der Waals surface area contributed by atoms with Gasteiger partial charge in [0.1, 0.15) is 22.4 Å². The Morgan fingerprint density at radius 1 is 1.27 bits per heavy atom. The minimum Gasteiger partial charge on any atom is -0.494 e. The molecule has 0 unspecified atom stereocenters. The maximum absolute atomic E-state index is 12.3. The Kier molecular flexibility index (Phi) is 7.77. The minimum absolute atomic E-state index is 0.0110. The average molecular weight is 370 g/mol. The summed E-state index contributed by atoms with van der Waals surface area (Å²) < 4.78 is 5.60. The lowest BCUT2D eigenvalue weighted by molar-refractivity contribution is -0.112. The van der Waals surface area contributed by atoms with E-state index in [2.05, 4.69) is 29.4 Å². The van der Waals surface area contributed by atoms with Crippen molar-refractivity contribution in [2.45, 2.75) is 39.5 Å². The normalized spacial score (nSPS) is 11.0. The van der Waals surface area contributed by atoms with Gasteiger partial charge in [0.05, 0.1) is 6.61 Å². The summed E-state index contributed by atoms with van der Waals surface area (Å²) in [5, 5.41) is 21.1. The Balaban J connectivity index is 2.01. The van der Waals surface area contributed by atoms with Crippen molar-refractivity contribution in [2.24, 2.45) is 0 Å². The zero-order valence-electron chi connectivity index (χ0n) is 15.0. The molecule has 0 atom stereocenters. The fourth-order valence-electron chi connectivity index (χ4n) is 2.09.